The molecule has 0 aliphatic carbocycles. The van der Waals surface area contributed by atoms with E-state index in [1.165, 1.54) is 22.5 Å². The van der Waals surface area contributed by atoms with E-state index < -0.39 is 0 Å². The normalized spacial score (nSPS) is 15.8. The SMILES string of the molecule is CC1=Nc2ccc3c(c2CC1)CCN(CCCSc1nnc(-c2cccc4nc(C)ccc24)n1C)CC3. The van der Waals surface area contributed by atoms with Crippen LogP contribution in [-0.4, -0.2) is 55.7 Å². The predicted molar refractivity (Wildman–Crippen MR) is 153 cm³/mol. The summed E-state index contributed by atoms with van der Waals surface area (Å²) >= 11 is 1.80. The van der Waals surface area contributed by atoms with Gasteiger partial charge in [0.05, 0.1) is 11.2 Å². The number of benzene rings is 2. The Labute approximate surface area is 223 Å². The van der Waals surface area contributed by atoms with Crippen LogP contribution in [-0.2, 0) is 26.3 Å². The Kier molecular flexibility index (Phi) is 6.82. The number of nitrogens with zero attached hydrogens (tertiary/aromatic N) is 6. The number of hydrogen-bond acceptors (Lipinski definition) is 6. The molecule has 6 rings (SSSR count). The van der Waals surface area contributed by atoms with Crippen molar-refractivity contribution in [2.45, 2.75) is 51.1 Å². The quantitative estimate of drug-likeness (QED) is 0.237. The highest BCUT2D eigenvalue weighted by Crippen LogP contribution is 2.33. The van der Waals surface area contributed by atoms with Gasteiger partial charge < -0.3 is 9.47 Å². The highest BCUT2D eigenvalue weighted by atomic mass is 32.2. The molecule has 0 atom stereocenters. The summed E-state index contributed by atoms with van der Waals surface area (Å²) in [5.41, 5.74) is 10.2. The summed E-state index contributed by atoms with van der Waals surface area (Å²) in [4.78, 5) is 12.1. The van der Waals surface area contributed by atoms with Crippen molar-refractivity contribution in [3.05, 3.63) is 64.8 Å². The second kappa shape index (κ2) is 10.4. The van der Waals surface area contributed by atoms with Gasteiger partial charge in [0.25, 0.3) is 0 Å². The van der Waals surface area contributed by atoms with Gasteiger partial charge in [0.1, 0.15) is 0 Å². The molecule has 2 aromatic heterocycles. The van der Waals surface area contributed by atoms with E-state index in [-0.39, 0.29) is 0 Å². The fraction of sp³-hybridized carbons (Fsp3) is 0.400. The number of aromatic nitrogens is 4. The van der Waals surface area contributed by atoms with Gasteiger partial charge in [0.2, 0.25) is 0 Å². The van der Waals surface area contributed by atoms with Gasteiger partial charge in [0.15, 0.2) is 11.0 Å². The first-order valence-corrected chi connectivity index (χ1v) is 14.3. The summed E-state index contributed by atoms with van der Waals surface area (Å²) in [6.07, 6.45) is 5.68. The van der Waals surface area contributed by atoms with Crippen LogP contribution in [0.3, 0.4) is 0 Å². The van der Waals surface area contributed by atoms with Crippen LogP contribution in [0.25, 0.3) is 22.3 Å². The monoisotopic (exact) mass is 510 g/mol. The molecular weight excluding hydrogens is 476 g/mol. The maximum Gasteiger partial charge on any atom is 0.191 e. The molecule has 4 aromatic rings. The molecule has 0 amide bonds. The molecule has 7 heteroatoms. The number of hydrogen-bond donors (Lipinski definition) is 0. The Morgan fingerprint density at radius 1 is 0.892 bits per heavy atom. The number of rotatable bonds is 6. The second-order valence-corrected chi connectivity index (χ2v) is 11.3. The summed E-state index contributed by atoms with van der Waals surface area (Å²) in [5, 5.41) is 11.2. The lowest BCUT2D eigenvalue weighted by molar-refractivity contribution is 0.289. The number of thioether (sulfide) groups is 1. The van der Waals surface area contributed by atoms with Crippen molar-refractivity contribution in [3.63, 3.8) is 0 Å². The topological polar surface area (TPSA) is 59.2 Å². The lowest BCUT2D eigenvalue weighted by Gasteiger charge is -2.20. The highest BCUT2D eigenvalue weighted by molar-refractivity contribution is 7.99. The van der Waals surface area contributed by atoms with Crippen LogP contribution in [0.1, 0.15) is 42.1 Å². The van der Waals surface area contributed by atoms with Gasteiger partial charge in [-0.15, -0.1) is 10.2 Å². The molecular formula is C30H34N6S. The molecule has 0 N–H and O–H groups in total. The summed E-state index contributed by atoms with van der Waals surface area (Å²) in [7, 11) is 2.07. The van der Waals surface area contributed by atoms with Gasteiger partial charge in [-0.2, -0.15) is 0 Å². The molecule has 0 saturated carbocycles. The Balaban J connectivity index is 1.06. The summed E-state index contributed by atoms with van der Waals surface area (Å²) < 4.78 is 2.12. The molecule has 37 heavy (non-hydrogen) atoms. The fourth-order valence-corrected chi connectivity index (χ4v) is 6.52. The molecule has 2 aliphatic heterocycles. The fourth-order valence-electron chi connectivity index (χ4n) is 5.69. The van der Waals surface area contributed by atoms with Crippen LogP contribution in [0.5, 0.6) is 0 Å². The first kappa shape index (κ1) is 24.3. The molecule has 0 unspecified atom stereocenters. The van der Waals surface area contributed by atoms with E-state index in [0.29, 0.717) is 0 Å². The summed E-state index contributed by atoms with van der Waals surface area (Å²) in [6, 6.07) is 15.0. The van der Waals surface area contributed by atoms with Crippen LogP contribution in [0.15, 0.2) is 52.6 Å². The van der Waals surface area contributed by atoms with Crippen molar-refractivity contribution >= 4 is 34.1 Å². The third kappa shape index (κ3) is 4.94. The first-order chi connectivity index (χ1) is 18.1. The van der Waals surface area contributed by atoms with Gasteiger partial charge in [-0.25, -0.2) is 0 Å². The molecule has 0 spiro atoms. The van der Waals surface area contributed by atoms with E-state index in [0.717, 1.165) is 90.6 Å². The molecule has 4 heterocycles. The van der Waals surface area contributed by atoms with Crippen LogP contribution >= 0.6 is 11.8 Å². The minimum atomic E-state index is 0.895. The van der Waals surface area contributed by atoms with Crippen LogP contribution < -0.4 is 0 Å². The van der Waals surface area contributed by atoms with Crippen LogP contribution in [0.4, 0.5) is 5.69 Å². The second-order valence-electron chi connectivity index (χ2n) is 10.3. The van der Waals surface area contributed by atoms with Crippen molar-refractivity contribution in [3.8, 4) is 11.4 Å². The Bertz CT molecular complexity index is 1490. The number of aliphatic imine (C=N–C) groups is 1. The van der Waals surface area contributed by atoms with Gasteiger partial charge in [-0.05, 0) is 87.4 Å². The Hall–Kier alpha value is -3.03. The minimum absolute atomic E-state index is 0.895. The van der Waals surface area contributed by atoms with Crippen molar-refractivity contribution < 1.29 is 0 Å². The van der Waals surface area contributed by atoms with Gasteiger partial charge in [-0.3, -0.25) is 9.98 Å². The molecule has 2 aliphatic rings. The summed E-state index contributed by atoms with van der Waals surface area (Å²) in [5.74, 6) is 1.93. The van der Waals surface area contributed by atoms with Crippen molar-refractivity contribution in [2.24, 2.45) is 12.0 Å². The van der Waals surface area contributed by atoms with Crippen LogP contribution in [0.2, 0.25) is 0 Å². The van der Waals surface area contributed by atoms with Gasteiger partial charge in [0, 0.05) is 48.2 Å². The maximum absolute atomic E-state index is 4.82. The molecule has 0 saturated heterocycles. The van der Waals surface area contributed by atoms with Crippen molar-refractivity contribution in [1.82, 2.24) is 24.6 Å². The molecule has 2 aromatic carbocycles. The molecule has 190 valence electrons. The van der Waals surface area contributed by atoms with Gasteiger partial charge >= 0.3 is 0 Å². The predicted octanol–water partition coefficient (Wildman–Crippen LogP) is 5.96. The zero-order valence-corrected chi connectivity index (χ0v) is 22.8. The van der Waals surface area contributed by atoms with E-state index in [1.807, 2.05) is 6.92 Å². The standard InChI is InChI=1S/C30H34N6S/c1-20-9-12-25-26(6-4-7-27(25)31-20)29-33-34-30(35(29)3)37-19-5-16-36-17-14-22-10-13-28-24(23(22)15-18-36)11-8-21(2)32-28/h4,6-7,9-10,12-13H,5,8,11,14-19H2,1-3H3. The zero-order valence-electron chi connectivity index (χ0n) is 22.0. The Morgan fingerprint density at radius 3 is 2.70 bits per heavy atom. The molecule has 0 fully saturated rings. The van der Waals surface area contributed by atoms with Crippen molar-refractivity contribution in [1.29, 1.82) is 0 Å². The van der Waals surface area contributed by atoms with Crippen LogP contribution in [0, 0.1) is 6.92 Å². The minimum Gasteiger partial charge on any atom is -0.305 e. The Morgan fingerprint density at radius 2 is 1.78 bits per heavy atom. The molecule has 0 bridgehead atoms. The van der Waals surface area contributed by atoms with E-state index >= 15 is 0 Å². The molecule has 6 nitrogen and oxygen atoms in total. The highest BCUT2D eigenvalue weighted by Gasteiger charge is 2.21. The van der Waals surface area contributed by atoms with Gasteiger partial charge in [-0.1, -0.05) is 36.0 Å². The summed E-state index contributed by atoms with van der Waals surface area (Å²) in [6.45, 7) is 7.58. The number of fused-ring (bicyclic) bond motifs is 4. The average Bonchev–Trinajstić information content (AvgIpc) is 3.13. The maximum atomic E-state index is 4.82. The van der Waals surface area contributed by atoms with E-state index in [1.54, 1.807) is 17.3 Å². The zero-order chi connectivity index (χ0) is 25.4. The lowest BCUT2D eigenvalue weighted by atomic mass is 9.91. The van der Waals surface area contributed by atoms with E-state index in [2.05, 4.69) is 81.1 Å². The average molecular weight is 511 g/mol. The van der Waals surface area contributed by atoms with Crippen molar-refractivity contribution in [2.75, 3.05) is 25.4 Å². The smallest absolute Gasteiger partial charge is 0.191 e. The third-order valence-corrected chi connectivity index (χ3v) is 8.83. The van der Waals surface area contributed by atoms with E-state index in [4.69, 9.17) is 4.99 Å². The van der Waals surface area contributed by atoms with E-state index in [9.17, 15) is 0 Å². The largest absolute Gasteiger partial charge is 0.305 e. The first-order valence-electron chi connectivity index (χ1n) is 13.4. The molecule has 0 radical (unpaired) electrons. The lowest BCUT2D eigenvalue weighted by Crippen LogP contribution is -2.28. The third-order valence-electron chi connectivity index (χ3n) is 7.72. The number of pyridine rings is 1. The number of aryl methyl sites for hydroxylation is 1.